The summed E-state index contributed by atoms with van der Waals surface area (Å²) >= 11 is 0. The molecule has 1 aromatic heterocycles. The van der Waals surface area contributed by atoms with Crippen LogP contribution in [-0.2, 0) is 6.54 Å². The fourth-order valence-electron chi connectivity index (χ4n) is 0.945. The van der Waals surface area contributed by atoms with E-state index in [9.17, 15) is 0 Å². The Morgan fingerprint density at radius 1 is 1.67 bits per heavy atom. The van der Waals surface area contributed by atoms with Crippen LogP contribution in [0.3, 0.4) is 0 Å². The lowest BCUT2D eigenvalue weighted by Crippen LogP contribution is -1.93. The minimum Gasteiger partial charge on any atom is -0.354 e. The Labute approximate surface area is 59.5 Å². The maximum absolute atomic E-state index is 4.05. The first kappa shape index (κ1) is 6.42. The Morgan fingerprint density at radius 2 is 2.56 bits per heavy atom. The standard InChI is InChI=1S/C5H7N3.ClH/c1-3-8-4-2-7-5(8)6-1;/h1,3H,2,4H2,(H,6,7);1H. The zero-order valence-electron chi connectivity index (χ0n) is 4.87. The van der Waals surface area contributed by atoms with Crippen LogP contribution in [0.25, 0.3) is 0 Å². The second kappa shape index (κ2) is 2.27. The van der Waals surface area contributed by atoms with Gasteiger partial charge in [-0.2, -0.15) is 0 Å². The number of hydrogen-bond acceptors (Lipinski definition) is 2. The number of rotatable bonds is 0. The van der Waals surface area contributed by atoms with Crippen molar-refractivity contribution in [3.8, 4) is 0 Å². The normalized spacial score (nSPS) is 13.8. The van der Waals surface area contributed by atoms with Gasteiger partial charge in [0.05, 0.1) is 0 Å². The van der Waals surface area contributed by atoms with E-state index in [2.05, 4.69) is 14.9 Å². The van der Waals surface area contributed by atoms with Crippen LogP contribution in [0, 0.1) is 0 Å². The monoisotopic (exact) mass is 145 g/mol. The van der Waals surface area contributed by atoms with Gasteiger partial charge >= 0.3 is 0 Å². The van der Waals surface area contributed by atoms with E-state index in [0.717, 1.165) is 19.0 Å². The van der Waals surface area contributed by atoms with Crippen LogP contribution in [0.15, 0.2) is 12.4 Å². The van der Waals surface area contributed by atoms with Crippen molar-refractivity contribution in [3.63, 3.8) is 0 Å². The van der Waals surface area contributed by atoms with Gasteiger partial charge in [0.2, 0.25) is 5.95 Å². The quantitative estimate of drug-likeness (QED) is 0.584. The van der Waals surface area contributed by atoms with Gasteiger partial charge in [0.1, 0.15) is 0 Å². The summed E-state index contributed by atoms with van der Waals surface area (Å²) in [7, 11) is 0. The molecule has 50 valence electrons. The summed E-state index contributed by atoms with van der Waals surface area (Å²) < 4.78 is 2.10. The third-order valence-corrected chi connectivity index (χ3v) is 1.35. The average Bonchev–Trinajstić information content (AvgIpc) is 2.15. The lowest BCUT2D eigenvalue weighted by atomic mass is 10.7. The number of nitrogens with zero attached hydrogens (tertiary/aromatic N) is 2. The topological polar surface area (TPSA) is 29.9 Å². The fraction of sp³-hybridized carbons (Fsp3) is 0.400. The molecule has 0 unspecified atom stereocenters. The SMILES string of the molecule is Cl.c1cn2c(n1)NCC2. The highest BCUT2D eigenvalue weighted by atomic mass is 35.5. The number of halogens is 1. The van der Waals surface area contributed by atoms with Gasteiger partial charge in [0, 0.05) is 25.5 Å². The zero-order valence-corrected chi connectivity index (χ0v) is 5.69. The summed E-state index contributed by atoms with van der Waals surface area (Å²) in [6.45, 7) is 2.10. The van der Waals surface area contributed by atoms with Crippen LogP contribution >= 0.6 is 12.4 Å². The second-order valence-corrected chi connectivity index (χ2v) is 1.87. The maximum atomic E-state index is 4.05. The number of imidazole rings is 1. The summed E-state index contributed by atoms with van der Waals surface area (Å²) in [6.07, 6.45) is 3.79. The predicted octanol–water partition coefficient (Wildman–Crippen LogP) is 0.730. The number of anilines is 1. The highest BCUT2D eigenvalue weighted by molar-refractivity contribution is 5.85. The van der Waals surface area contributed by atoms with E-state index in [4.69, 9.17) is 0 Å². The van der Waals surface area contributed by atoms with Crippen LogP contribution in [-0.4, -0.2) is 16.1 Å². The Hall–Kier alpha value is -0.700. The molecule has 0 spiro atoms. The van der Waals surface area contributed by atoms with Crippen LogP contribution in [0.4, 0.5) is 5.95 Å². The Bertz CT molecular complexity index is 177. The highest BCUT2D eigenvalue weighted by Gasteiger charge is 2.06. The Kier molecular flexibility index (Phi) is 1.62. The third-order valence-electron chi connectivity index (χ3n) is 1.35. The van der Waals surface area contributed by atoms with Gasteiger partial charge in [0.15, 0.2) is 0 Å². The van der Waals surface area contributed by atoms with Crippen molar-refractivity contribution in [2.24, 2.45) is 0 Å². The van der Waals surface area contributed by atoms with Crippen LogP contribution in [0.2, 0.25) is 0 Å². The van der Waals surface area contributed by atoms with Crippen molar-refractivity contribution in [1.29, 1.82) is 0 Å². The van der Waals surface area contributed by atoms with Crippen molar-refractivity contribution in [1.82, 2.24) is 9.55 Å². The van der Waals surface area contributed by atoms with Gasteiger partial charge in [-0.25, -0.2) is 4.98 Å². The molecule has 0 fully saturated rings. The molecule has 9 heavy (non-hydrogen) atoms. The molecule has 2 heterocycles. The van der Waals surface area contributed by atoms with Gasteiger partial charge in [-0.3, -0.25) is 0 Å². The van der Waals surface area contributed by atoms with E-state index >= 15 is 0 Å². The van der Waals surface area contributed by atoms with Gasteiger partial charge in [-0.05, 0) is 0 Å². The summed E-state index contributed by atoms with van der Waals surface area (Å²) in [5.41, 5.74) is 0. The number of hydrogen-bond donors (Lipinski definition) is 1. The van der Waals surface area contributed by atoms with Gasteiger partial charge in [-0.15, -0.1) is 12.4 Å². The lowest BCUT2D eigenvalue weighted by molar-refractivity contribution is 0.810. The van der Waals surface area contributed by atoms with Crippen molar-refractivity contribution >= 4 is 18.4 Å². The Morgan fingerprint density at radius 3 is 3.33 bits per heavy atom. The molecular formula is C5H8ClN3. The van der Waals surface area contributed by atoms with E-state index in [1.165, 1.54) is 0 Å². The maximum Gasteiger partial charge on any atom is 0.202 e. The zero-order chi connectivity index (χ0) is 5.40. The van der Waals surface area contributed by atoms with E-state index in [1.54, 1.807) is 0 Å². The first-order valence-electron chi connectivity index (χ1n) is 2.72. The molecule has 4 heteroatoms. The molecule has 2 rings (SSSR count). The molecular weight excluding hydrogens is 138 g/mol. The van der Waals surface area contributed by atoms with E-state index in [1.807, 2.05) is 12.4 Å². The van der Waals surface area contributed by atoms with Crippen molar-refractivity contribution < 1.29 is 0 Å². The summed E-state index contributed by atoms with van der Waals surface area (Å²) in [5, 5.41) is 3.13. The molecule has 0 saturated heterocycles. The minimum absolute atomic E-state index is 0. The molecule has 3 nitrogen and oxygen atoms in total. The summed E-state index contributed by atoms with van der Waals surface area (Å²) in [5.74, 6) is 1.00. The molecule has 1 aliphatic rings. The first-order valence-corrected chi connectivity index (χ1v) is 2.72. The second-order valence-electron chi connectivity index (χ2n) is 1.87. The first-order chi connectivity index (χ1) is 3.97. The van der Waals surface area contributed by atoms with Crippen LogP contribution in [0.5, 0.6) is 0 Å². The van der Waals surface area contributed by atoms with Gasteiger partial charge in [0.25, 0.3) is 0 Å². The number of aromatic nitrogens is 2. The lowest BCUT2D eigenvalue weighted by Gasteiger charge is -1.86. The third kappa shape index (κ3) is 0.876. The van der Waals surface area contributed by atoms with Gasteiger partial charge in [-0.1, -0.05) is 0 Å². The minimum atomic E-state index is 0. The molecule has 0 atom stereocenters. The Balaban J connectivity index is 0.000000405. The van der Waals surface area contributed by atoms with Crippen LogP contribution in [0.1, 0.15) is 0 Å². The molecule has 1 N–H and O–H groups in total. The summed E-state index contributed by atoms with van der Waals surface area (Å²) in [4.78, 5) is 4.05. The molecule has 0 bridgehead atoms. The molecule has 0 radical (unpaired) electrons. The number of nitrogens with one attached hydrogen (secondary N) is 1. The molecule has 0 aliphatic carbocycles. The van der Waals surface area contributed by atoms with Crippen LogP contribution < -0.4 is 5.32 Å². The molecule has 0 saturated carbocycles. The molecule has 0 aromatic carbocycles. The van der Waals surface area contributed by atoms with Crippen molar-refractivity contribution in [2.45, 2.75) is 6.54 Å². The predicted molar refractivity (Wildman–Crippen MR) is 38.0 cm³/mol. The number of fused-ring (bicyclic) bond motifs is 1. The molecule has 1 aliphatic heterocycles. The largest absolute Gasteiger partial charge is 0.354 e. The highest BCUT2D eigenvalue weighted by Crippen LogP contribution is 2.08. The van der Waals surface area contributed by atoms with Crippen molar-refractivity contribution in [2.75, 3.05) is 11.9 Å². The van der Waals surface area contributed by atoms with E-state index < -0.39 is 0 Å². The van der Waals surface area contributed by atoms with E-state index in [0.29, 0.717) is 0 Å². The molecule has 1 aromatic rings. The van der Waals surface area contributed by atoms with Crippen molar-refractivity contribution in [3.05, 3.63) is 12.4 Å². The van der Waals surface area contributed by atoms with Gasteiger partial charge < -0.3 is 9.88 Å². The average molecular weight is 146 g/mol. The summed E-state index contributed by atoms with van der Waals surface area (Å²) in [6, 6.07) is 0. The van der Waals surface area contributed by atoms with E-state index in [-0.39, 0.29) is 12.4 Å². The molecule has 0 amide bonds. The smallest absolute Gasteiger partial charge is 0.202 e. The fourth-order valence-corrected chi connectivity index (χ4v) is 0.945.